The molecule has 0 aliphatic carbocycles. The van der Waals surface area contributed by atoms with Crippen LogP contribution in [-0.4, -0.2) is 5.91 Å². The number of rotatable bonds is 4. The third-order valence-electron chi connectivity index (χ3n) is 1.87. The lowest BCUT2D eigenvalue weighted by Gasteiger charge is -2.10. The molecule has 0 aromatic rings. The van der Waals surface area contributed by atoms with Crippen LogP contribution < -0.4 is 5.73 Å². The monoisotopic (exact) mass is 195 g/mol. The van der Waals surface area contributed by atoms with Crippen LogP contribution in [0.5, 0.6) is 0 Å². The van der Waals surface area contributed by atoms with E-state index in [0.717, 1.165) is 11.1 Å². The SMILES string of the molecule is C=C/C(C)=C(\C=C)C(C)C(N)=O.CC. The summed E-state index contributed by atoms with van der Waals surface area (Å²) in [6.07, 6.45) is 3.34. The Morgan fingerprint density at radius 1 is 1.29 bits per heavy atom. The second-order valence-electron chi connectivity index (χ2n) is 2.67. The van der Waals surface area contributed by atoms with E-state index in [1.807, 2.05) is 20.8 Å². The van der Waals surface area contributed by atoms with Crippen molar-refractivity contribution in [2.24, 2.45) is 11.7 Å². The van der Waals surface area contributed by atoms with Crippen molar-refractivity contribution in [1.82, 2.24) is 0 Å². The third-order valence-corrected chi connectivity index (χ3v) is 1.87. The molecular weight excluding hydrogens is 174 g/mol. The van der Waals surface area contributed by atoms with Crippen molar-refractivity contribution in [3.63, 3.8) is 0 Å². The molecule has 2 heteroatoms. The lowest BCUT2D eigenvalue weighted by molar-refractivity contribution is -0.120. The zero-order chi connectivity index (χ0) is 11.7. The summed E-state index contributed by atoms with van der Waals surface area (Å²) in [7, 11) is 0. The summed E-state index contributed by atoms with van der Waals surface area (Å²) in [5.41, 5.74) is 6.94. The molecule has 0 saturated carbocycles. The molecule has 0 saturated heterocycles. The molecule has 1 unspecified atom stereocenters. The summed E-state index contributed by atoms with van der Waals surface area (Å²) in [6, 6.07) is 0. The molecule has 0 radical (unpaired) electrons. The summed E-state index contributed by atoms with van der Waals surface area (Å²) in [4.78, 5) is 10.8. The predicted molar refractivity (Wildman–Crippen MR) is 62.8 cm³/mol. The molecule has 0 bridgehead atoms. The van der Waals surface area contributed by atoms with Crippen LogP contribution in [-0.2, 0) is 4.79 Å². The second kappa shape index (κ2) is 8.30. The van der Waals surface area contributed by atoms with Crippen LogP contribution in [0.2, 0.25) is 0 Å². The first-order valence-corrected chi connectivity index (χ1v) is 4.79. The molecule has 2 nitrogen and oxygen atoms in total. The number of carbonyl (C=O) groups excluding carboxylic acids is 1. The van der Waals surface area contributed by atoms with E-state index >= 15 is 0 Å². The first kappa shape index (κ1) is 15.2. The maximum Gasteiger partial charge on any atom is 0.224 e. The van der Waals surface area contributed by atoms with E-state index in [1.165, 1.54) is 0 Å². The van der Waals surface area contributed by atoms with Crippen LogP contribution >= 0.6 is 0 Å². The Morgan fingerprint density at radius 2 is 1.71 bits per heavy atom. The second-order valence-corrected chi connectivity index (χ2v) is 2.67. The molecule has 0 aromatic heterocycles. The molecule has 0 heterocycles. The molecule has 0 aromatic carbocycles. The van der Waals surface area contributed by atoms with E-state index in [2.05, 4.69) is 13.2 Å². The Hall–Kier alpha value is -1.31. The number of nitrogens with two attached hydrogens (primary N) is 1. The van der Waals surface area contributed by atoms with Crippen molar-refractivity contribution >= 4 is 5.91 Å². The summed E-state index contributed by atoms with van der Waals surface area (Å²) in [5.74, 6) is -0.633. The van der Waals surface area contributed by atoms with Gasteiger partial charge in [-0.3, -0.25) is 4.79 Å². The highest BCUT2D eigenvalue weighted by atomic mass is 16.1. The zero-order valence-corrected chi connectivity index (χ0v) is 9.63. The molecule has 2 N–H and O–H groups in total. The van der Waals surface area contributed by atoms with Gasteiger partial charge in [0.15, 0.2) is 0 Å². The minimum atomic E-state index is -0.342. The molecule has 1 amide bonds. The molecule has 0 spiro atoms. The Balaban J connectivity index is 0. The van der Waals surface area contributed by atoms with Crippen LogP contribution in [0.25, 0.3) is 0 Å². The van der Waals surface area contributed by atoms with Crippen LogP contribution in [0, 0.1) is 5.92 Å². The Morgan fingerprint density at radius 3 is 1.93 bits per heavy atom. The maximum absolute atomic E-state index is 10.8. The lowest BCUT2D eigenvalue weighted by atomic mass is 9.96. The van der Waals surface area contributed by atoms with E-state index < -0.39 is 0 Å². The van der Waals surface area contributed by atoms with Crippen LogP contribution in [0.15, 0.2) is 36.5 Å². The highest BCUT2D eigenvalue weighted by Gasteiger charge is 2.12. The van der Waals surface area contributed by atoms with E-state index in [9.17, 15) is 4.79 Å². The number of primary amides is 1. The van der Waals surface area contributed by atoms with Crippen molar-refractivity contribution in [2.45, 2.75) is 27.7 Å². The fourth-order valence-corrected chi connectivity index (χ4v) is 0.950. The van der Waals surface area contributed by atoms with Gasteiger partial charge in [0.25, 0.3) is 0 Å². The molecule has 0 aliphatic rings. The standard InChI is InChI=1S/C10H15NO.C2H6/c1-5-7(3)9(6-2)8(4)10(11)12;1-2/h5-6,8H,1-2H2,3-4H3,(H2,11,12);1-2H3/b9-7+;. The predicted octanol–water partition coefficient (Wildman–Crippen LogP) is 2.82. The fraction of sp³-hybridized carbons (Fsp3) is 0.417. The van der Waals surface area contributed by atoms with Crippen LogP contribution in [0.4, 0.5) is 0 Å². The normalized spacial score (nSPS) is 12.9. The summed E-state index contributed by atoms with van der Waals surface area (Å²) >= 11 is 0. The summed E-state index contributed by atoms with van der Waals surface area (Å²) in [5, 5.41) is 0. The molecule has 0 fully saturated rings. The van der Waals surface area contributed by atoms with Gasteiger partial charge in [0.1, 0.15) is 0 Å². The smallest absolute Gasteiger partial charge is 0.224 e. The quantitative estimate of drug-likeness (QED) is 0.689. The van der Waals surface area contributed by atoms with Gasteiger partial charge in [0, 0.05) is 0 Å². The summed E-state index contributed by atoms with van der Waals surface area (Å²) < 4.78 is 0. The average Bonchev–Trinajstić information content (AvgIpc) is 2.21. The van der Waals surface area contributed by atoms with E-state index in [-0.39, 0.29) is 11.8 Å². The van der Waals surface area contributed by atoms with Gasteiger partial charge in [-0.2, -0.15) is 0 Å². The van der Waals surface area contributed by atoms with Gasteiger partial charge in [-0.15, -0.1) is 0 Å². The van der Waals surface area contributed by atoms with Crippen molar-refractivity contribution in [3.05, 3.63) is 36.5 Å². The molecule has 0 aliphatic heterocycles. The van der Waals surface area contributed by atoms with Crippen molar-refractivity contribution in [3.8, 4) is 0 Å². The van der Waals surface area contributed by atoms with Gasteiger partial charge in [0.2, 0.25) is 5.91 Å². The number of carbonyl (C=O) groups is 1. The lowest BCUT2D eigenvalue weighted by Crippen LogP contribution is -2.22. The molecular formula is C12H21NO. The van der Waals surface area contributed by atoms with E-state index in [1.54, 1.807) is 19.1 Å². The maximum atomic E-state index is 10.8. The first-order valence-electron chi connectivity index (χ1n) is 4.79. The number of allylic oxidation sites excluding steroid dienone is 3. The molecule has 1 atom stereocenters. The topological polar surface area (TPSA) is 43.1 Å². The van der Waals surface area contributed by atoms with E-state index in [4.69, 9.17) is 5.73 Å². The Labute approximate surface area is 87.2 Å². The summed E-state index contributed by atoms with van der Waals surface area (Å²) in [6.45, 7) is 14.9. The number of amides is 1. The van der Waals surface area contributed by atoms with Crippen molar-refractivity contribution in [2.75, 3.05) is 0 Å². The van der Waals surface area contributed by atoms with Gasteiger partial charge in [0.05, 0.1) is 5.92 Å². The highest BCUT2D eigenvalue weighted by molar-refractivity contribution is 5.80. The number of hydrogen-bond donors (Lipinski definition) is 1. The Bertz CT molecular complexity index is 239. The van der Waals surface area contributed by atoms with Gasteiger partial charge < -0.3 is 5.73 Å². The fourth-order valence-electron chi connectivity index (χ4n) is 0.950. The van der Waals surface area contributed by atoms with Gasteiger partial charge in [-0.05, 0) is 25.0 Å². The first-order chi connectivity index (χ1) is 6.54. The largest absolute Gasteiger partial charge is 0.369 e. The van der Waals surface area contributed by atoms with Gasteiger partial charge >= 0.3 is 0 Å². The third kappa shape index (κ3) is 4.65. The number of hydrogen-bond acceptors (Lipinski definition) is 1. The van der Waals surface area contributed by atoms with E-state index in [0.29, 0.717) is 0 Å². The average molecular weight is 195 g/mol. The van der Waals surface area contributed by atoms with Crippen LogP contribution in [0.3, 0.4) is 0 Å². The van der Waals surface area contributed by atoms with Gasteiger partial charge in [-0.25, -0.2) is 0 Å². The highest BCUT2D eigenvalue weighted by Crippen LogP contribution is 2.16. The Kier molecular flexibility index (Phi) is 8.99. The van der Waals surface area contributed by atoms with Crippen molar-refractivity contribution < 1.29 is 4.79 Å². The minimum absolute atomic E-state index is 0.291. The van der Waals surface area contributed by atoms with Crippen molar-refractivity contribution in [1.29, 1.82) is 0 Å². The minimum Gasteiger partial charge on any atom is -0.369 e. The molecule has 0 rings (SSSR count). The van der Waals surface area contributed by atoms with Gasteiger partial charge in [-0.1, -0.05) is 39.2 Å². The van der Waals surface area contributed by atoms with Crippen LogP contribution in [0.1, 0.15) is 27.7 Å². The molecule has 80 valence electrons. The zero-order valence-electron chi connectivity index (χ0n) is 9.63. The molecule has 14 heavy (non-hydrogen) atoms.